The van der Waals surface area contributed by atoms with Crippen molar-refractivity contribution in [3.8, 4) is 11.1 Å². The minimum atomic E-state index is 0.966. The van der Waals surface area contributed by atoms with Crippen LogP contribution in [0.3, 0.4) is 0 Å². The van der Waals surface area contributed by atoms with Crippen molar-refractivity contribution in [2.45, 2.75) is 13.5 Å². The van der Waals surface area contributed by atoms with Gasteiger partial charge in [0.05, 0.1) is 0 Å². The maximum absolute atomic E-state index is 2.39. The summed E-state index contributed by atoms with van der Waals surface area (Å²) in [5, 5.41) is 5.23. The molecule has 2 heterocycles. The predicted molar refractivity (Wildman–Crippen MR) is 195 cm³/mol. The van der Waals surface area contributed by atoms with Crippen LogP contribution >= 0.6 is 0 Å². The molecule has 0 fully saturated rings. The summed E-state index contributed by atoms with van der Waals surface area (Å²) in [6, 6.07) is 48.4. The normalized spacial score (nSPS) is 12.1. The van der Waals surface area contributed by atoms with Crippen LogP contribution in [0.25, 0.3) is 79.0 Å². The van der Waals surface area contributed by atoms with Crippen LogP contribution in [0.4, 0.5) is 0 Å². The first kappa shape index (κ1) is 27.0. The molecule has 0 unspecified atom stereocenters. The van der Waals surface area contributed by atoms with Gasteiger partial charge in [0.2, 0.25) is 0 Å². The fourth-order valence-electron chi connectivity index (χ4n) is 6.76. The molecule has 0 atom stereocenters. The molecule has 0 aliphatic carbocycles. The lowest BCUT2D eigenvalue weighted by atomic mass is 10.0. The van der Waals surface area contributed by atoms with E-state index in [1.165, 1.54) is 77.0 Å². The van der Waals surface area contributed by atoms with Crippen LogP contribution in [0, 0.1) is 0 Å². The van der Waals surface area contributed by atoms with E-state index in [0.717, 1.165) is 6.54 Å². The minimum absolute atomic E-state index is 0.966. The van der Waals surface area contributed by atoms with Gasteiger partial charge < -0.3 is 9.13 Å². The first-order valence-electron chi connectivity index (χ1n) is 15.7. The lowest BCUT2D eigenvalue weighted by Crippen LogP contribution is -1.92. The van der Waals surface area contributed by atoms with Crippen molar-refractivity contribution in [2.24, 2.45) is 7.05 Å². The summed E-state index contributed by atoms with van der Waals surface area (Å²) in [4.78, 5) is 0. The van der Waals surface area contributed by atoms with Crippen LogP contribution in [0.2, 0.25) is 0 Å². The van der Waals surface area contributed by atoms with Crippen molar-refractivity contribution in [1.82, 2.24) is 9.13 Å². The zero-order chi connectivity index (χ0) is 30.3. The smallest absolute Gasteiger partial charge is 0.0491 e. The number of hydrogen-bond acceptors (Lipinski definition) is 0. The number of hydrogen-bond donors (Lipinski definition) is 0. The van der Waals surface area contributed by atoms with Gasteiger partial charge in [-0.25, -0.2) is 0 Å². The second-order valence-corrected chi connectivity index (χ2v) is 11.8. The van der Waals surface area contributed by atoms with Crippen molar-refractivity contribution in [3.05, 3.63) is 156 Å². The van der Waals surface area contributed by atoms with E-state index in [9.17, 15) is 0 Å². The highest BCUT2D eigenvalue weighted by Crippen LogP contribution is 2.31. The van der Waals surface area contributed by atoms with Gasteiger partial charge in [-0.3, -0.25) is 0 Å². The summed E-state index contributed by atoms with van der Waals surface area (Å²) in [5.41, 5.74) is 12.4. The number of benzene rings is 6. The molecule has 0 N–H and O–H groups in total. The van der Waals surface area contributed by atoms with Crippen molar-refractivity contribution in [3.63, 3.8) is 0 Å². The van der Waals surface area contributed by atoms with Gasteiger partial charge in [-0.15, -0.1) is 0 Å². The quantitative estimate of drug-likeness (QED) is 0.174. The summed E-state index contributed by atoms with van der Waals surface area (Å²) in [6.45, 7) is 3.18. The molecule has 0 saturated heterocycles. The van der Waals surface area contributed by atoms with Gasteiger partial charge in [-0.05, 0) is 76.7 Å². The van der Waals surface area contributed by atoms with E-state index < -0.39 is 0 Å². The highest BCUT2D eigenvalue weighted by Gasteiger charge is 2.09. The van der Waals surface area contributed by atoms with Gasteiger partial charge in [0.25, 0.3) is 0 Å². The summed E-state index contributed by atoms with van der Waals surface area (Å²) in [6.07, 6.45) is 8.82. The molecular weight excluding hydrogens is 544 g/mol. The molecule has 2 heteroatoms. The molecule has 216 valence electrons. The Morgan fingerprint density at radius 2 is 0.822 bits per heavy atom. The average Bonchev–Trinajstić information content (AvgIpc) is 3.57. The van der Waals surface area contributed by atoms with E-state index in [1.54, 1.807) is 0 Å². The molecular formula is C43H34N2. The molecule has 0 saturated carbocycles. The van der Waals surface area contributed by atoms with Crippen LogP contribution in [0.1, 0.15) is 29.2 Å². The molecule has 45 heavy (non-hydrogen) atoms. The summed E-state index contributed by atoms with van der Waals surface area (Å²) >= 11 is 0. The molecule has 0 aliphatic rings. The van der Waals surface area contributed by atoms with E-state index in [-0.39, 0.29) is 0 Å². The number of nitrogens with zero attached hydrogens (tertiary/aromatic N) is 2. The molecule has 6 aromatic carbocycles. The molecule has 0 aliphatic heterocycles. The Morgan fingerprint density at radius 1 is 0.422 bits per heavy atom. The molecule has 0 radical (unpaired) electrons. The SMILES string of the molecule is CCn1c2ccccc2c2cc(C=Cc3ccc(-c4ccc(C=Cc5ccc6c(c5)c5ccccc5n6C)cc4)cc3)ccc21. The fourth-order valence-corrected chi connectivity index (χ4v) is 6.76. The van der Waals surface area contributed by atoms with Crippen molar-refractivity contribution < 1.29 is 0 Å². The predicted octanol–water partition coefficient (Wildman–Crippen LogP) is 11.5. The average molecular weight is 579 g/mol. The van der Waals surface area contributed by atoms with Gasteiger partial charge in [-0.2, -0.15) is 0 Å². The minimum Gasteiger partial charge on any atom is -0.344 e. The Bertz CT molecular complexity index is 2390. The molecule has 0 amide bonds. The van der Waals surface area contributed by atoms with E-state index in [2.05, 4.69) is 181 Å². The van der Waals surface area contributed by atoms with Gasteiger partial charge >= 0.3 is 0 Å². The highest BCUT2D eigenvalue weighted by atomic mass is 15.0. The second-order valence-electron chi connectivity index (χ2n) is 11.8. The largest absolute Gasteiger partial charge is 0.344 e. The number of fused-ring (bicyclic) bond motifs is 6. The third kappa shape index (κ3) is 4.85. The van der Waals surface area contributed by atoms with Crippen LogP contribution in [-0.2, 0) is 13.6 Å². The zero-order valence-electron chi connectivity index (χ0n) is 25.6. The Balaban J connectivity index is 0.979. The Morgan fingerprint density at radius 3 is 1.40 bits per heavy atom. The molecule has 2 aromatic heterocycles. The van der Waals surface area contributed by atoms with E-state index >= 15 is 0 Å². The first-order chi connectivity index (χ1) is 22.2. The number of aromatic nitrogens is 2. The van der Waals surface area contributed by atoms with Crippen molar-refractivity contribution in [1.29, 1.82) is 0 Å². The monoisotopic (exact) mass is 578 g/mol. The van der Waals surface area contributed by atoms with E-state index in [4.69, 9.17) is 0 Å². The third-order valence-electron chi connectivity index (χ3n) is 9.14. The van der Waals surface area contributed by atoms with E-state index in [0.29, 0.717) is 0 Å². The molecule has 8 rings (SSSR count). The van der Waals surface area contributed by atoms with Gasteiger partial charge in [0, 0.05) is 57.2 Å². The first-order valence-corrected chi connectivity index (χ1v) is 15.7. The Hall–Kier alpha value is -5.60. The molecule has 8 aromatic rings. The topological polar surface area (TPSA) is 9.86 Å². The van der Waals surface area contributed by atoms with Crippen LogP contribution in [-0.4, -0.2) is 9.13 Å². The van der Waals surface area contributed by atoms with Crippen LogP contribution in [0.15, 0.2) is 133 Å². The summed E-state index contributed by atoms with van der Waals surface area (Å²) in [5.74, 6) is 0. The lowest BCUT2D eigenvalue weighted by Gasteiger charge is -2.04. The second kappa shape index (κ2) is 11.2. The molecule has 0 spiro atoms. The lowest BCUT2D eigenvalue weighted by molar-refractivity contribution is 0.827. The zero-order valence-corrected chi connectivity index (χ0v) is 25.6. The highest BCUT2D eigenvalue weighted by molar-refractivity contribution is 6.09. The number of rotatable bonds is 6. The standard InChI is InChI=1S/C43H34N2/c1-3-45-42-11-7-5-9-37(42)39-29-33(21-27-43(39)45)15-13-31-18-24-35(25-19-31)34-22-16-30(17-23-34)12-14-32-20-26-41-38(28-32)36-8-4-6-10-40(36)44(41)2/h4-29H,3H2,1-2H3. The van der Waals surface area contributed by atoms with Gasteiger partial charge in [-0.1, -0.05) is 121 Å². The maximum atomic E-state index is 2.39. The Labute approximate surface area is 263 Å². The third-order valence-corrected chi connectivity index (χ3v) is 9.14. The fraction of sp³-hybridized carbons (Fsp3) is 0.0698. The molecule has 2 nitrogen and oxygen atoms in total. The molecule has 0 bridgehead atoms. The van der Waals surface area contributed by atoms with Gasteiger partial charge in [0.1, 0.15) is 0 Å². The Kier molecular flexibility index (Phi) is 6.69. The maximum Gasteiger partial charge on any atom is 0.0491 e. The van der Waals surface area contributed by atoms with Crippen LogP contribution in [0.5, 0.6) is 0 Å². The van der Waals surface area contributed by atoms with Crippen molar-refractivity contribution in [2.75, 3.05) is 0 Å². The van der Waals surface area contributed by atoms with Crippen molar-refractivity contribution >= 4 is 67.9 Å². The number of para-hydroxylation sites is 2. The van der Waals surface area contributed by atoms with Gasteiger partial charge in [0.15, 0.2) is 0 Å². The van der Waals surface area contributed by atoms with Crippen LogP contribution < -0.4 is 0 Å². The number of aryl methyl sites for hydroxylation is 2. The summed E-state index contributed by atoms with van der Waals surface area (Å²) < 4.78 is 4.67. The van der Waals surface area contributed by atoms with E-state index in [1.807, 2.05) is 0 Å². The summed E-state index contributed by atoms with van der Waals surface area (Å²) in [7, 11) is 2.14.